The van der Waals surface area contributed by atoms with Gasteiger partial charge in [0.1, 0.15) is 6.42 Å². The number of para-hydroxylation sites is 1. The Balaban J connectivity index is 2.03. The van der Waals surface area contributed by atoms with Gasteiger partial charge >= 0.3 is 0 Å². The molecule has 0 bridgehead atoms. The van der Waals surface area contributed by atoms with Gasteiger partial charge in [0.25, 0.3) is 5.91 Å². The first-order valence-corrected chi connectivity index (χ1v) is 5.98. The summed E-state index contributed by atoms with van der Waals surface area (Å²) < 4.78 is 0. The van der Waals surface area contributed by atoms with E-state index in [9.17, 15) is 9.59 Å². The summed E-state index contributed by atoms with van der Waals surface area (Å²) in [6, 6.07) is 7.31. The number of fused-ring (bicyclic) bond motifs is 1. The van der Waals surface area contributed by atoms with Gasteiger partial charge in [0.2, 0.25) is 11.9 Å². The maximum Gasteiger partial charge on any atom is 0.258 e. The zero-order valence-electron chi connectivity index (χ0n) is 9.47. The van der Waals surface area contributed by atoms with Crippen LogP contribution in [-0.4, -0.2) is 35.8 Å². The number of aliphatic imine (C=N–C) groups is 1. The fraction of sp³-hybridized carbons (Fsp3) is 0.250. The van der Waals surface area contributed by atoms with Crippen LogP contribution in [0.3, 0.4) is 0 Å². The minimum atomic E-state index is -0.398. The quantitative estimate of drug-likeness (QED) is 0.717. The van der Waals surface area contributed by atoms with Crippen LogP contribution >= 0.6 is 11.6 Å². The van der Waals surface area contributed by atoms with Gasteiger partial charge in [0.05, 0.1) is 10.7 Å². The SMILES string of the molecule is O=C1CC(=O)N2CCN(c3ccccc3Cl)C2=N1. The van der Waals surface area contributed by atoms with Crippen LogP contribution in [0.5, 0.6) is 0 Å². The van der Waals surface area contributed by atoms with E-state index < -0.39 is 5.91 Å². The second-order valence-corrected chi connectivity index (χ2v) is 4.54. The number of hydrogen-bond acceptors (Lipinski definition) is 3. The molecule has 2 amide bonds. The summed E-state index contributed by atoms with van der Waals surface area (Å²) in [5.41, 5.74) is 0.767. The molecule has 18 heavy (non-hydrogen) atoms. The highest BCUT2D eigenvalue weighted by atomic mass is 35.5. The van der Waals surface area contributed by atoms with Crippen LogP contribution in [0.2, 0.25) is 5.02 Å². The fourth-order valence-electron chi connectivity index (χ4n) is 2.18. The Kier molecular flexibility index (Phi) is 2.56. The lowest BCUT2D eigenvalue weighted by molar-refractivity contribution is -0.132. The molecule has 0 saturated carbocycles. The molecule has 0 radical (unpaired) electrons. The van der Waals surface area contributed by atoms with E-state index in [0.717, 1.165) is 5.69 Å². The summed E-state index contributed by atoms with van der Waals surface area (Å²) in [6.45, 7) is 1.14. The summed E-state index contributed by atoms with van der Waals surface area (Å²) >= 11 is 6.12. The van der Waals surface area contributed by atoms with Crippen molar-refractivity contribution in [2.45, 2.75) is 6.42 Å². The lowest BCUT2D eigenvalue weighted by atomic mass is 10.3. The van der Waals surface area contributed by atoms with Gasteiger partial charge in [-0.25, -0.2) is 0 Å². The van der Waals surface area contributed by atoms with Crippen LogP contribution in [-0.2, 0) is 9.59 Å². The topological polar surface area (TPSA) is 53.0 Å². The minimum absolute atomic E-state index is 0.139. The number of rotatable bonds is 1. The van der Waals surface area contributed by atoms with Crippen molar-refractivity contribution in [1.82, 2.24) is 4.90 Å². The van der Waals surface area contributed by atoms with Crippen molar-refractivity contribution in [2.75, 3.05) is 18.0 Å². The second kappa shape index (κ2) is 4.10. The molecule has 5 nitrogen and oxygen atoms in total. The highest BCUT2D eigenvalue weighted by Gasteiger charge is 2.37. The molecule has 1 saturated heterocycles. The molecule has 6 heteroatoms. The molecule has 1 aromatic rings. The molecule has 92 valence electrons. The zero-order valence-corrected chi connectivity index (χ0v) is 10.2. The number of nitrogens with zero attached hydrogens (tertiary/aromatic N) is 3. The van der Waals surface area contributed by atoms with Crippen molar-refractivity contribution in [1.29, 1.82) is 0 Å². The Labute approximate surface area is 109 Å². The summed E-state index contributed by atoms with van der Waals surface area (Å²) in [5, 5.41) is 0.576. The Bertz CT molecular complexity index is 570. The predicted octanol–water partition coefficient (Wildman–Crippen LogP) is 1.27. The molecule has 1 aromatic carbocycles. The van der Waals surface area contributed by atoms with E-state index in [-0.39, 0.29) is 12.3 Å². The first-order valence-electron chi connectivity index (χ1n) is 5.61. The normalized spacial score (nSPS) is 19.1. The number of guanidine groups is 1. The monoisotopic (exact) mass is 263 g/mol. The molecule has 0 atom stereocenters. The van der Waals surface area contributed by atoms with Crippen LogP contribution in [0.1, 0.15) is 6.42 Å². The molecule has 3 rings (SSSR count). The molecule has 2 aliphatic rings. The van der Waals surface area contributed by atoms with E-state index in [2.05, 4.69) is 4.99 Å². The van der Waals surface area contributed by atoms with Gasteiger partial charge in [0, 0.05) is 13.1 Å². The summed E-state index contributed by atoms with van der Waals surface area (Å²) in [5.74, 6) is -0.200. The molecule has 0 unspecified atom stereocenters. The van der Waals surface area contributed by atoms with E-state index in [0.29, 0.717) is 24.1 Å². The Morgan fingerprint density at radius 1 is 1.11 bits per heavy atom. The number of carbonyl (C=O) groups is 2. The molecule has 2 heterocycles. The highest BCUT2D eigenvalue weighted by molar-refractivity contribution is 6.34. The molecule has 0 spiro atoms. The third kappa shape index (κ3) is 1.67. The number of anilines is 1. The lowest BCUT2D eigenvalue weighted by Crippen LogP contribution is -2.42. The van der Waals surface area contributed by atoms with Crippen LogP contribution in [0, 0.1) is 0 Å². The van der Waals surface area contributed by atoms with Crippen molar-refractivity contribution >= 4 is 35.1 Å². The molecular formula is C12H10ClN3O2. The van der Waals surface area contributed by atoms with Crippen LogP contribution in [0.15, 0.2) is 29.3 Å². The van der Waals surface area contributed by atoms with Gasteiger partial charge in [-0.1, -0.05) is 23.7 Å². The Morgan fingerprint density at radius 2 is 1.83 bits per heavy atom. The van der Waals surface area contributed by atoms with E-state index in [1.165, 1.54) is 4.90 Å². The molecule has 1 fully saturated rings. The number of halogens is 1. The maximum absolute atomic E-state index is 11.7. The van der Waals surface area contributed by atoms with Crippen molar-refractivity contribution < 1.29 is 9.59 Å². The highest BCUT2D eigenvalue weighted by Crippen LogP contribution is 2.29. The zero-order chi connectivity index (χ0) is 12.7. The van der Waals surface area contributed by atoms with E-state index in [1.54, 1.807) is 11.0 Å². The van der Waals surface area contributed by atoms with Crippen LogP contribution < -0.4 is 4.90 Å². The molecule has 0 aromatic heterocycles. The Morgan fingerprint density at radius 3 is 2.61 bits per heavy atom. The minimum Gasteiger partial charge on any atom is -0.308 e. The van der Waals surface area contributed by atoms with E-state index in [1.807, 2.05) is 18.2 Å². The Hall–Kier alpha value is -1.88. The van der Waals surface area contributed by atoms with Gasteiger partial charge < -0.3 is 4.90 Å². The van der Waals surface area contributed by atoms with E-state index in [4.69, 9.17) is 11.6 Å². The first-order chi connectivity index (χ1) is 8.66. The number of hydrogen-bond donors (Lipinski definition) is 0. The average molecular weight is 264 g/mol. The summed E-state index contributed by atoms with van der Waals surface area (Å²) in [4.78, 5) is 30.4. The fourth-order valence-corrected chi connectivity index (χ4v) is 2.42. The lowest BCUT2D eigenvalue weighted by Gasteiger charge is -2.24. The van der Waals surface area contributed by atoms with Crippen molar-refractivity contribution in [2.24, 2.45) is 4.99 Å². The largest absolute Gasteiger partial charge is 0.308 e. The molecular weight excluding hydrogens is 254 g/mol. The first kappa shape index (κ1) is 11.2. The van der Waals surface area contributed by atoms with Crippen LogP contribution in [0.25, 0.3) is 0 Å². The van der Waals surface area contributed by atoms with Gasteiger partial charge in [-0.15, -0.1) is 0 Å². The average Bonchev–Trinajstić information content (AvgIpc) is 2.73. The number of amides is 2. The standard InChI is InChI=1S/C12H10ClN3O2/c13-8-3-1-2-4-9(8)15-5-6-16-11(18)7-10(17)14-12(15)16/h1-4H,5-7H2. The van der Waals surface area contributed by atoms with Gasteiger partial charge in [-0.05, 0) is 12.1 Å². The van der Waals surface area contributed by atoms with Crippen molar-refractivity contribution in [3.8, 4) is 0 Å². The summed E-state index contributed by atoms with van der Waals surface area (Å²) in [7, 11) is 0. The molecule has 0 aliphatic carbocycles. The second-order valence-electron chi connectivity index (χ2n) is 4.13. The third-order valence-corrected chi connectivity index (χ3v) is 3.32. The maximum atomic E-state index is 11.7. The predicted molar refractivity (Wildman–Crippen MR) is 67.6 cm³/mol. The smallest absolute Gasteiger partial charge is 0.258 e. The van der Waals surface area contributed by atoms with Gasteiger partial charge in [-0.3, -0.25) is 14.5 Å². The van der Waals surface area contributed by atoms with Crippen molar-refractivity contribution in [3.63, 3.8) is 0 Å². The number of carbonyl (C=O) groups excluding carboxylic acids is 2. The van der Waals surface area contributed by atoms with E-state index >= 15 is 0 Å². The molecule has 2 aliphatic heterocycles. The third-order valence-electron chi connectivity index (χ3n) is 3.00. The van der Waals surface area contributed by atoms with Gasteiger partial charge in [0.15, 0.2) is 0 Å². The summed E-state index contributed by atoms with van der Waals surface area (Å²) in [6.07, 6.45) is -0.139. The number of benzene rings is 1. The van der Waals surface area contributed by atoms with Crippen molar-refractivity contribution in [3.05, 3.63) is 29.3 Å². The van der Waals surface area contributed by atoms with Gasteiger partial charge in [-0.2, -0.15) is 4.99 Å². The molecule has 0 N–H and O–H groups in total. The van der Waals surface area contributed by atoms with Crippen LogP contribution in [0.4, 0.5) is 5.69 Å².